The lowest BCUT2D eigenvalue weighted by Crippen LogP contribution is -2.35. The normalized spacial score (nSPS) is 14.1. The molecule has 17 heavy (non-hydrogen) atoms. The van der Waals surface area contributed by atoms with Crippen molar-refractivity contribution in [3.05, 3.63) is 18.1 Å². The Balaban J connectivity index is 2.77. The predicted molar refractivity (Wildman–Crippen MR) is 63.0 cm³/mol. The molecule has 1 heterocycles. The van der Waals surface area contributed by atoms with Crippen LogP contribution in [0.3, 0.4) is 0 Å². The van der Waals surface area contributed by atoms with Crippen LogP contribution in [0.25, 0.3) is 0 Å². The lowest BCUT2D eigenvalue weighted by molar-refractivity contribution is 0.0690. The third kappa shape index (κ3) is 3.67. The molecule has 1 atom stereocenters. The van der Waals surface area contributed by atoms with Gasteiger partial charge in [-0.1, -0.05) is 6.92 Å². The molecule has 0 radical (unpaired) electrons. The minimum atomic E-state index is -1.10. The van der Waals surface area contributed by atoms with Crippen molar-refractivity contribution in [1.29, 1.82) is 0 Å². The maximum atomic E-state index is 10.6. The van der Waals surface area contributed by atoms with Crippen molar-refractivity contribution in [3.8, 4) is 0 Å². The molecule has 0 saturated carbocycles. The van der Waals surface area contributed by atoms with Crippen molar-refractivity contribution in [2.24, 2.45) is 0 Å². The molecular weight excluding hydrogens is 222 g/mol. The van der Waals surface area contributed by atoms with Crippen LogP contribution in [0.5, 0.6) is 0 Å². The van der Waals surface area contributed by atoms with Crippen LogP contribution in [-0.4, -0.2) is 38.3 Å². The van der Waals surface area contributed by atoms with Crippen LogP contribution in [0.2, 0.25) is 0 Å². The third-order valence-corrected chi connectivity index (χ3v) is 2.74. The average molecular weight is 239 g/mol. The first-order valence-corrected chi connectivity index (χ1v) is 5.45. The summed E-state index contributed by atoms with van der Waals surface area (Å²) in [5.74, 6) is -0.592. The minimum absolute atomic E-state index is 0.0813. The SMILES string of the molecule is CCC(C)(CCO)Nc1cnc(C(=O)O)cn1. The van der Waals surface area contributed by atoms with Crippen LogP contribution >= 0.6 is 0 Å². The zero-order valence-corrected chi connectivity index (χ0v) is 9.97. The number of carboxylic acid groups (broad SMARTS) is 1. The van der Waals surface area contributed by atoms with Gasteiger partial charge in [0, 0.05) is 12.1 Å². The molecule has 1 aromatic heterocycles. The number of aromatic nitrogens is 2. The lowest BCUT2D eigenvalue weighted by atomic mass is 9.95. The molecule has 0 aliphatic heterocycles. The first kappa shape index (κ1) is 13.4. The maximum absolute atomic E-state index is 10.6. The average Bonchev–Trinajstić information content (AvgIpc) is 2.30. The van der Waals surface area contributed by atoms with Gasteiger partial charge in [0.25, 0.3) is 0 Å². The van der Waals surface area contributed by atoms with Gasteiger partial charge in [0.05, 0.1) is 12.4 Å². The Morgan fingerprint density at radius 3 is 2.59 bits per heavy atom. The Morgan fingerprint density at radius 2 is 2.18 bits per heavy atom. The summed E-state index contributed by atoms with van der Waals surface area (Å²) < 4.78 is 0. The summed E-state index contributed by atoms with van der Waals surface area (Å²) in [7, 11) is 0. The molecule has 0 spiro atoms. The molecule has 6 nitrogen and oxygen atoms in total. The first-order valence-electron chi connectivity index (χ1n) is 5.45. The Hall–Kier alpha value is -1.69. The largest absolute Gasteiger partial charge is 0.476 e. The highest BCUT2D eigenvalue weighted by atomic mass is 16.4. The number of carboxylic acids is 1. The second-order valence-electron chi connectivity index (χ2n) is 4.10. The zero-order chi connectivity index (χ0) is 12.9. The number of carbonyl (C=O) groups is 1. The fraction of sp³-hybridized carbons (Fsp3) is 0.545. The van der Waals surface area contributed by atoms with Crippen LogP contribution < -0.4 is 5.32 Å². The van der Waals surface area contributed by atoms with Crippen LogP contribution in [-0.2, 0) is 0 Å². The van der Waals surface area contributed by atoms with Crippen molar-refractivity contribution in [3.63, 3.8) is 0 Å². The van der Waals surface area contributed by atoms with Crippen LogP contribution in [0.15, 0.2) is 12.4 Å². The summed E-state index contributed by atoms with van der Waals surface area (Å²) in [6.45, 7) is 4.05. The number of anilines is 1. The highest BCUT2D eigenvalue weighted by Crippen LogP contribution is 2.19. The topological polar surface area (TPSA) is 95.3 Å². The van der Waals surface area contributed by atoms with E-state index >= 15 is 0 Å². The first-order chi connectivity index (χ1) is 8.00. The van der Waals surface area contributed by atoms with E-state index in [0.717, 1.165) is 6.42 Å². The van der Waals surface area contributed by atoms with E-state index < -0.39 is 5.97 Å². The summed E-state index contributed by atoms with van der Waals surface area (Å²) in [6, 6.07) is 0. The van der Waals surface area contributed by atoms with E-state index in [-0.39, 0.29) is 17.8 Å². The van der Waals surface area contributed by atoms with Crippen LogP contribution in [0.1, 0.15) is 37.2 Å². The number of nitrogens with zero attached hydrogens (tertiary/aromatic N) is 2. The Kier molecular flexibility index (Phi) is 4.39. The molecule has 1 aromatic rings. The van der Waals surface area contributed by atoms with E-state index in [2.05, 4.69) is 15.3 Å². The van der Waals surface area contributed by atoms with E-state index in [0.29, 0.717) is 12.2 Å². The molecule has 0 aliphatic rings. The van der Waals surface area contributed by atoms with Gasteiger partial charge in [-0.05, 0) is 19.8 Å². The Morgan fingerprint density at radius 1 is 1.47 bits per heavy atom. The van der Waals surface area contributed by atoms with Crippen molar-refractivity contribution in [2.75, 3.05) is 11.9 Å². The van der Waals surface area contributed by atoms with Crippen LogP contribution in [0, 0.1) is 0 Å². The van der Waals surface area contributed by atoms with Gasteiger partial charge < -0.3 is 15.5 Å². The fourth-order valence-electron chi connectivity index (χ4n) is 1.39. The Labute approximate surface area is 99.7 Å². The molecule has 1 rings (SSSR count). The molecule has 6 heteroatoms. The highest BCUT2D eigenvalue weighted by molar-refractivity contribution is 5.84. The van der Waals surface area contributed by atoms with Gasteiger partial charge in [-0.15, -0.1) is 0 Å². The van der Waals surface area contributed by atoms with Crippen molar-refractivity contribution < 1.29 is 15.0 Å². The number of aliphatic hydroxyl groups is 1. The van der Waals surface area contributed by atoms with Gasteiger partial charge in [-0.25, -0.2) is 14.8 Å². The standard InChI is InChI=1S/C11H17N3O3/c1-3-11(2,4-5-15)14-9-7-12-8(6-13-9)10(16)17/h6-7,15H,3-5H2,1-2H3,(H,13,14)(H,16,17). The number of hydrogen-bond acceptors (Lipinski definition) is 5. The molecule has 0 saturated heterocycles. The van der Waals surface area contributed by atoms with Gasteiger partial charge in [-0.3, -0.25) is 0 Å². The molecule has 1 unspecified atom stereocenters. The predicted octanol–water partition coefficient (Wildman–Crippen LogP) is 1.14. The quantitative estimate of drug-likeness (QED) is 0.689. The van der Waals surface area contributed by atoms with Gasteiger partial charge >= 0.3 is 5.97 Å². The van der Waals surface area contributed by atoms with E-state index in [1.807, 2.05) is 13.8 Å². The van der Waals surface area contributed by atoms with Gasteiger partial charge in [-0.2, -0.15) is 0 Å². The number of aromatic carboxylic acids is 1. The molecule has 0 bridgehead atoms. The van der Waals surface area contributed by atoms with Gasteiger partial charge in [0.1, 0.15) is 5.82 Å². The summed E-state index contributed by atoms with van der Waals surface area (Å²) in [4.78, 5) is 18.3. The lowest BCUT2D eigenvalue weighted by Gasteiger charge is -2.29. The zero-order valence-electron chi connectivity index (χ0n) is 9.97. The van der Waals surface area contributed by atoms with E-state index in [1.54, 1.807) is 0 Å². The highest BCUT2D eigenvalue weighted by Gasteiger charge is 2.21. The molecule has 0 fully saturated rings. The third-order valence-electron chi connectivity index (χ3n) is 2.74. The number of rotatable bonds is 6. The van der Waals surface area contributed by atoms with Crippen molar-refractivity contribution >= 4 is 11.8 Å². The molecule has 0 aromatic carbocycles. The van der Waals surface area contributed by atoms with E-state index in [4.69, 9.17) is 10.2 Å². The number of nitrogens with one attached hydrogen (secondary N) is 1. The molecule has 0 amide bonds. The van der Waals surface area contributed by atoms with Crippen molar-refractivity contribution in [2.45, 2.75) is 32.2 Å². The monoisotopic (exact) mass is 239 g/mol. The van der Waals surface area contributed by atoms with Crippen molar-refractivity contribution in [1.82, 2.24) is 9.97 Å². The summed E-state index contributed by atoms with van der Waals surface area (Å²) in [5, 5.41) is 20.8. The minimum Gasteiger partial charge on any atom is -0.476 e. The smallest absolute Gasteiger partial charge is 0.356 e. The fourth-order valence-corrected chi connectivity index (χ4v) is 1.39. The van der Waals surface area contributed by atoms with E-state index in [1.165, 1.54) is 12.4 Å². The maximum Gasteiger partial charge on any atom is 0.356 e. The van der Waals surface area contributed by atoms with Gasteiger partial charge in [0.15, 0.2) is 5.69 Å². The molecule has 3 N–H and O–H groups in total. The molecular formula is C11H17N3O3. The summed E-state index contributed by atoms with van der Waals surface area (Å²) in [5.41, 5.74) is -0.357. The van der Waals surface area contributed by atoms with E-state index in [9.17, 15) is 4.79 Å². The van der Waals surface area contributed by atoms with Gasteiger partial charge in [0.2, 0.25) is 0 Å². The summed E-state index contributed by atoms with van der Waals surface area (Å²) >= 11 is 0. The second-order valence-corrected chi connectivity index (χ2v) is 4.10. The molecule has 0 aliphatic carbocycles. The van der Waals surface area contributed by atoms with Crippen LogP contribution in [0.4, 0.5) is 5.82 Å². The second kappa shape index (κ2) is 5.58. The molecule has 94 valence electrons. The number of aliphatic hydroxyl groups excluding tert-OH is 1. The summed E-state index contributed by atoms with van der Waals surface area (Å²) in [6.07, 6.45) is 4.00. The number of hydrogen-bond donors (Lipinski definition) is 3. The Bertz CT molecular complexity index is 380.